The number of hydrogen-bond donors (Lipinski definition) is 2. The van der Waals surface area contributed by atoms with Crippen LogP contribution in [0.25, 0.3) is 11.3 Å². The van der Waals surface area contributed by atoms with Crippen LogP contribution < -0.4 is 10.6 Å². The van der Waals surface area contributed by atoms with Crippen molar-refractivity contribution in [3.05, 3.63) is 60.4 Å². The molecule has 0 aliphatic heterocycles. The van der Waals surface area contributed by atoms with Crippen molar-refractivity contribution in [3.63, 3.8) is 0 Å². The van der Waals surface area contributed by atoms with Crippen molar-refractivity contribution in [2.45, 2.75) is 0 Å². The molecule has 0 fully saturated rings. The van der Waals surface area contributed by atoms with Crippen LogP contribution >= 0.6 is 0 Å². The zero-order valence-corrected chi connectivity index (χ0v) is 12.2. The summed E-state index contributed by atoms with van der Waals surface area (Å²) < 4.78 is 27.5. The molecular formula is C16H13F2N5. The quantitative estimate of drug-likeness (QED) is 0.770. The fourth-order valence-electron chi connectivity index (χ4n) is 2.04. The average molecular weight is 313 g/mol. The van der Waals surface area contributed by atoms with Crippen molar-refractivity contribution < 1.29 is 8.78 Å². The Bertz CT molecular complexity index is 804. The molecule has 3 aromatic rings. The molecule has 0 aliphatic rings. The zero-order chi connectivity index (χ0) is 16.2. The average Bonchev–Trinajstić information content (AvgIpc) is 2.59. The number of halogens is 2. The summed E-state index contributed by atoms with van der Waals surface area (Å²) in [5, 5.41) is 5.50. The van der Waals surface area contributed by atoms with Gasteiger partial charge in [-0.1, -0.05) is 6.07 Å². The molecule has 2 aromatic heterocycles. The molecule has 23 heavy (non-hydrogen) atoms. The normalized spacial score (nSPS) is 10.4. The molecule has 2 N–H and O–H groups in total. The number of pyridine rings is 1. The predicted octanol–water partition coefficient (Wildman–Crippen LogP) is 3.60. The van der Waals surface area contributed by atoms with E-state index in [0.29, 0.717) is 11.6 Å². The molecule has 1 aromatic carbocycles. The van der Waals surface area contributed by atoms with Crippen LogP contribution in [0, 0.1) is 11.6 Å². The summed E-state index contributed by atoms with van der Waals surface area (Å²) in [6, 6.07) is 8.84. The number of rotatable bonds is 4. The highest BCUT2D eigenvalue weighted by Gasteiger charge is 2.11. The Hall–Kier alpha value is -3.09. The van der Waals surface area contributed by atoms with Gasteiger partial charge >= 0.3 is 0 Å². The van der Waals surface area contributed by atoms with E-state index in [0.717, 1.165) is 5.56 Å². The van der Waals surface area contributed by atoms with E-state index < -0.39 is 11.6 Å². The fourth-order valence-corrected chi connectivity index (χ4v) is 2.04. The van der Waals surface area contributed by atoms with Crippen LogP contribution in [-0.4, -0.2) is 22.0 Å². The Labute approximate surface area is 131 Å². The summed E-state index contributed by atoms with van der Waals surface area (Å²) in [7, 11) is 1.67. The third-order valence-electron chi connectivity index (χ3n) is 3.14. The van der Waals surface area contributed by atoms with Gasteiger partial charge in [0, 0.05) is 31.1 Å². The minimum absolute atomic E-state index is 0.256. The van der Waals surface area contributed by atoms with Crippen LogP contribution in [0.2, 0.25) is 0 Å². The minimum atomic E-state index is -0.694. The Morgan fingerprint density at radius 2 is 1.65 bits per heavy atom. The first-order chi connectivity index (χ1) is 11.2. The van der Waals surface area contributed by atoms with Crippen LogP contribution in [0.4, 0.5) is 26.2 Å². The van der Waals surface area contributed by atoms with Crippen molar-refractivity contribution in [1.82, 2.24) is 15.0 Å². The summed E-state index contributed by atoms with van der Waals surface area (Å²) in [4.78, 5) is 12.5. The Kier molecular flexibility index (Phi) is 4.09. The Balaban J connectivity index is 2.03. The number of para-hydroxylation sites is 1. The van der Waals surface area contributed by atoms with Crippen molar-refractivity contribution in [2.75, 3.05) is 17.7 Å². The lowest BCUT2D eigenvalue weighted by Gasteiger charge is -2.11. The van der Waals surface area contributed by atoms with Crippen molar-refractivity contribution >= 4 is 17.5 Å². The lowest BCUT2D eigenvalue weighted by Crippen LogP contribution is -2.04. The second kappa shape index (κ2) is 6.35. The highest BCUT2D eigenvalue weighted by molar-refractivity contribution is 5.67. The summed E-state index contributed by atoms with van der Waals surface area (Å²) in [6.45, 7) is 0. The molecule has 0 radical (unpaired) electrons. The van der Waals surface area contributed by atoms with Crippen molar-refractivity contribution in [2.24, 2.45) is 0 Å². The van der Waals surface area contributed by atoms with Gasteiger partial charge in [0.25, 0.3) is 0 Å². The zero-order valence-electron chi connectivity index (χ0n) is 12.2. The number of anilines is 3. The molecule has 0 spiro atoms. The number of benzene rings is 1. The predicted molar refractivity (Wildman–Crippen MR) is 84.5 cm³/mol. The summed E-state index contributed by atoms with van der Waals surface area (Å²) in [6.07, 6.45) is 3.28. The second-order valence-corrected chi connectivity index (χ2v) is 4.67. The molecule has 5 nitrogen and oxygen atoms in total. The van der Waals surface area contributed by atoms with E-state index in [2.05, 4.69) is 25.6 Å². The van der Waals surface area contributed by atoms with Crippen LogP contribution in [0.5, 0.6) is 0 Å². The third-order valence-corrected chi connectivity index (χ3v) is 3.14. The van der Waals surface area contributed by atoms with Gasteiger partial charge in [0.1, 0.15) is 23.1 Å². The van der Waals surface area contributed by atoms with Crippen molar-refractivity contribution in [3.8, 4) is 11.3 Å². The molecule has 2 heterocycles. The summed E-state index contributed by atoms with van der Waals surface area (Å²) in [5.74, 6) is -0.779. The maximum absolute atomic E-state index is 13.8. The molecule has 7 heteroatoms. The lowest BCUT2D eigenvalue weighted by molar-refractivity contribution is 0.590. The first-order valence-electron chi connectivity index (χ1n) is 6.85. The highest BCUT2D eigenvalue weighted by Crippen LogP contribution is 2.26. The molecular weight excluding hydrogens is 300 g/mol. The Morgan fingerprint density at radius 3 is 2.30 bits per heavy atom. The lowest BCUT2D eigenvalue weighted by atomic mass is 10.2. The van der Waals surface area contributed by atoms with E-state index in [1.54, 1.807) is 37.6 Å². The molecule has 0 amide bonds. The van der Waals surface area contributed by atoms with Gasteiger partial charge < -0.3 is 10.6 Å². The van der Waals surface area contributed by atoms with Crippen LogP contribution in [-0.2, 0) is 0 Å². The number of aromatic nitrogens is 3. The van der Waals surface area contributed by atoms with Gasteiger partial charge in [0.2, 0.25) is 5.95 Å². The molecule has 116 valence electrons. The van der Waals surface area contributed by atoms with E-state index >= 15 is 0 Å². The highest BCUT2D eigenvalue weighted by atomic mass is 19.1. The van der Waals surface area contributed by atoms with Gasteiger partial charge in [-0.3, -0.25) is 4.98 Å². The van der Waals surface area contributed by atoms with E-state index in [9.17, 15) is 8.78 Å². The number of hydrogen-bond acceptors (Lipinski definition) is 5. The van der Waals surface area contributed by atoms with Gasteiger partial charge in [0.15, 0.2) is 0 Å². The number of nitrogens with zero attached hydrogens (tertiary/aromatic N) is 3. The largest absolute Gasteiger partial charge is 0.357 e. The molecule has 0 aliphatic carbocycles. The van der Waals surface area contributed by atoms with Gasteiger partial charge in [0.05, 0.1) is 5.69 Å². The van der Waals surface area contributed by atoms with Gasteiger partial charge in [-0.15, -0.1) is 0 Å². The standard InChI is InChI=1S/C16H13F2N5/c1-19-16-21-13(10-5-7-20-8-6-10)9-14(23-16)22-15-11(17)3-2-4-12(15)18/h2-9H,1H3,(H2,19,21,22,23). The third kappa shape index (κ3) is 3.23. The van der Waals surface area contributed by atoms with E-state index in [4.69, 9.17) is 0 Å². The molecule has 0 saturated heterocycles. The van der Waals surface area contributed by atoms with Crippen LogP contribution in [0.15, 0.2) is 48.8 Å². The minimum Gasteiger partial charge on any atom is -0.357 e. The fraction of sp³-hybridized carbons (Fsp3) is 0.0625. The van der Waals surface area contributed by atoms with Crippen LogP contribution in [0.3, 0.4) is 0 Å². The van der Waals surface area contributed by atoms with E-state index in [1.165, 1.54) is 18.2 Å². The SMILES string of the molecule is CNc1nc(Nc2c(F)cccc2F)cc(-c2ccncc2)n1. The first-order valence-corrected chi connectivity index (χ1v) is 6.85. The second-order valence-electron chi connectivity index (χ2n) is 4.67. The monoisotopic (exact) mass is 313 g/mol. The number of nitrogens with one attached hydrogen (secondary N) is 2. The van der Waals surface area contributed by atoms with Gasteiger partial charge in [-0.05, 0) is 24.3 Å². The van der Waals surface area contributed by atoms with Gasteiger partial charge in [-0.25, -0.2) is 13.8 Å². The smallest absolute Gasteiger partial charge is 0.224 e. The Morgan fingerprint density at radius 1 is 0.957 bits per heavy atom. The van der Waals surface area contributed by atoms with E-state index in [1.807, 2.05) is 0 Å². The molecule has 0 saturated carbocycles. The van der Waals surface area contributed by atoms with Crippen molar-refractivity contribution in [1.29, 1.82) is 0 Å². The summed E-state index contributed by atoms with van der Waals surface area (Å²) >= 11 is 0. The molecule has 3 rings (SSSR count). The first kappa shape index (κ1) is 14.8. The summed E-state index contributed by atoms with van der Waals surface area (Å²) in [5.41, 5.74) is 1.16. The topological polar surface area (TPSA) is 62.7 Å². The maximum Gasteiger partial charge on any atom is 0.224 e. The molecule has 0 atom stereocenters. The molecule has 0 bridgehead atoms. The van der Waals surface area contributed by atoms with Crippen LogP contribution in [0.1, 0.15) is 0 Å². The van der Waals surface area contributed by atoms with E-state index in [-0.39, 0.29) is 11.5 Å². The maximum atomic E-state index is 13.8. The molecule has 0 unspecified atom stereocenters. The van der Waals surface area contributed by atoms with Gasteiger partial charge in [-0.2, -0.15) is 4.98 Å².